The van der Waals surface area contributed by atoms with E-state index in [1.807, 2.05) is 54.6 Å². The quantitative estimate of drug-likeness (QED) is 0.753. The van der Waals surface area contributed by atoms with Gasteiger partial charge in [-0.15, -0.1) is 10.2 Å². The van der Waals surface area contributed by atoms with Gasteiger partial charge in [-0.05, 0) is 29.8 Å². The van der Waals surface area contributed by atoms with Crippen LogP contribution in [0, 0.1) is 6.92 Å². The maximum absolute atomic E-state index is 5.74. The normalized spacial score (nSPS) is 10.4. The van der Waals surface area contributed by atoms with Crippen molar-refractivity contribution in [2.75, 3.05) is 5.32 Å². The van der Waals surface area contributed by atoms with Gasteiger partial charge in [0.05, 0.1) is 6.54 Å². The Balaban J connectivity index is 1.51. The van der Waals surface area contributed by atoms with E-state index in [2.05, 4.69) is 15.5 Å². The Morgan fingerprint density at radius 1 is 1.00 bits per heavy atom. The second kappa shape index (κ2) is 6.76. The molecule has 1 aromatic heterocycles. The Hall–Kier alpha value is -2.82. The first-order chi connectivity index (χ1) is 10.8. The molecule has 0 amide bonds. The third kappa shape index (κ3) is 3.85. The summed E-state index contributed by atoms with van der Waals surface area (Å²) < 4.78 is 11.1. The van der Waals surface area contributed by atoms with Gasteiger partial charge in [-0.25, -0.2) is 0 Å². The molecule has 5 heteroatoms. The summed E-state index contributed by atoms with van der Waals surface area (Å²) in [5, 5.41) is 11.0. The average Bonchev–Trinajstić information content (AvgIpc) is 2.98. The van der Waals surface area contributed by atoms with E-state index in [1.165, 1.54) is 0 Å². The second-order valence-electron chi connectivity index (χ2n) is 4.87. The molecule has 0 bridgehead atoms. The molecule has 0 aliphatic carbocycles. The topological polar surface area (TPSA) is 60.2 Å². The minimum absolute atomic E-state index is 0.505. The van der Waals surface area contributed by atoms with Crippen molar-refractivity contribution in [3.8, 4) is 5.75 Å². The van der Waals surface area contributed by atoms with Crippen molar-refractivity contribution in [2.24, 2.45) is 0 Å². The molecule has 0 saturated heterocycles. The zero-order valence-electron chi connectivity index (χ0n) is 12.3. The molecule has 112 valence electrons. The largest absolute Gasteiger partial charge is 0.489 e. The number of rotatable bonds is 6. The van der Waals surface area contributed by atoms with Crippen molar-refractivity contribution in [3.05, 3.63) is 71.9 Å². The number of anilines is 1. The van der Waals surface area contributed by atoms with Crippen LogP contribution < -0.4 is 10.1 Å². The van der Waals surface area contributed by atoms with Crippen LogP contribution >= 0.6 is 0 Å². The Bertz CT molecular complexity index is 708. The number of nitrogens with one attached hydrogen (secondary N) is 1. The number of hydrogen-bond acceptors (Lipinski definition) is 5. The first-order valence-corrected chi connectivity index (χ1v) is 7.09. The second-order valence-corrected chi connectivity index (χ2v) is 4.87. The molecule has 22 heavy (non-hydrogen) atoms. The van der Waals surface area contributed by atoms with Gasteiger partial charge in [0.1, 0.15) is 12.4 Å². The van der Waals surface area contributed by atoms with Crippen LogP contribution in [0.5, 0.6) is 5.75 Å². The number of aromatic nitrogens is 2. The Labute approximate surface area is 129 Å². The van der Waals surface area contributed by atoms with Gasteiger partial charge in [-0.3, -0.25) is 0 Å². The van der Waals surface area contributed by atoms with E-state index in [4.69, 9.17) is 9.15 Å². The predicted octanol–water partition coefficient (Wildman–Crippen LogP) is 3.57. The van der Waals surface area contributed by atoms with Crippen LogP contribution in [0.15, 0.2) is 59.0 Å². The van der Waals surface area contributed by atoms with Crippen LogP contribution in [0.2, 0.25) is 0 Å². The van der Waals surface area contributed by atoms with Gasteiger partial charge in [-0.2, -0.15) is 0 Å². The van der Waals surface area contributed by atoms with Gasteiger partial charge in [0.2, 0.25) is 11.8 Å². The summed E-state index contributed by atoms with van der Waals surface area (Å²) in [6.07, 6.45) is 0. The summed E-state index contributed by atoms with van der Waals surface area (Å²) in [7, 11) is 0. The van der Waals surface area contributed by atoms with Crippen molar-refractivity contribution in [1.82, 2.24) is 10.2 Å². The summed E-state index contributed by atoms with van der Waals surface area (Å²) in [5.41, 5.74) is 2.12. The summed E-state index contributed by atoms with van der Waals surface area (Å²) in [6.45, 7) is 2.84. The van der Waals surface area contributed by atoms with Gasteiger partial charge >= 0.3 is 0 Å². The molecule has 3 aromatic rings. The van der Waals surface area contributed by atoms with E-state index >= 15 is 0 Å². The highest BCUT2D eigenvalue weighted by molar-refractivity contribution is 5.46. The molecule has 1 heterocycles. The molecule has 0 radical (unpaired) electrons. The summed E-state index contributed by atoms with van der Waals surface area (Å²) >= 11 is 0. The van der Waals surface area contributed by atoms with E-state index in [1.54, 1.807) is 6.92 Å². The van der Waals surface area contributed by atoms with E-state index in [0.29, 0.717) is 24.9 Å². The fraction of sp³-hybridized carbons (Fsp3) is 0.176. The van der Waals surface area contributed by atoms with E-state index in [9.17, 15) is 0 Å². The van der Waals surface area contributed by atoms with Crippen molar-refractivity contribution >= 4 is 5.69 Å². The molecule has 0 aliphatic heterocycles. The highest BCUT2D eigenvalue weighted by Crippen LogP contribution is 2.17. The molecule has 3 rings (SSSR count). The van der Waals surface area contributed by atoms with Gasteiger partial charge in [0, 0.05) is 12.6 Å². The molecule has 0 atom stereocenters. The van der Waals surface area contributed by atoms with Crippen LogP contribution in [0.4, 0.5) is 5.69 Å². The molecular weight excluding hydrogens is 278 g/mol. The number of nitrogens with zero attached hydrogens (tertiary/aromatic N) is 2. The van der Waals surface area contributed by atoms with Crippen molar-refractivity contribution in [2.45, 2.75) is 20.1 Å². The third-order valence-corrected chi connectivity index (χ3v) is 3.11. The van der Waals surface area contributed by atoms with Crippen molar-refractivity contribution < 1.29 is 9.15 Å². The molecule has 1 N–H and O–H groups in total. The highest BCUT2D eigenvalue weighted by atomic mass is 16.5. The first kappa shape index (κ1) is 14.1. The van der Waals surface area contributed by atoms with Crippen LogP contribution in [0.1, 0.15) is 17.3 Å². The molecule has 0 spiro atoms. The molecule has 0 fully saturated rings. The maximum atomic E-state index is 5.74. The first-order valence-electron chi connectivity index (χ1n) is 7.09. The molecule has 2 aromatic carbocycles. The van der Waals surface area contributed by atoms with Gasteiger partial charge in [0.25, 0.3) is 0 Å². The minimum atomic E-state index is 0.505. The predicted molar refractivity (Wildman–Crippen MR) is 83.6 cm³/mol. The number of hydrogen-bond donors (Lipinski definition) is 1. The van der Waals surface area contributed by atoms with E-state index in [-0.39, 0.29) is 0 Å². The number of aryl methyl sites for hydroxylation is 1. The average molecular weight is 295 g/mol. The Morgan fingerprint density at radius 3 is 2.45 bits per heavy atom. The zero-order chi connectivity index (χ0) is 15.2. The van der Waals surface area contributed by atoms with Crippen LogP contribution in [0.25, 0.3) is 0 Å². The summed E-state index contributed by atoms with van der Waals surface area (Å²) in [6, 6.07) is 17.9. The molecule has 0 saturated carbocycles. The minimum Gasteiger partial charge on any atom is -0.489 e. The molecule has 5 nitrogen and oxygen atoms in total. The maximum Gasteiger partial charge on any atom is 0.235 e. The van der Waals surface area contributed by atoms with Crippen LogP contribution in [-0.2, 0) is 13.2 Å². The Morgan fingerprint density at radius 2 is 1.77 bits per heavy atom. The highest BCUT2D eigenvalue weighted by Gasteiger charge is 2.02. The van der Waals surface area contributed by atoms with Crippen molar-refractivity contribution in [1.29, 1.82) is 0 Å². The fourth-order valence-corrected chi connectivity index (χ4v) is 2.00. The molecule has 0 aliphatic rings. The Kier molecular flexibility index (Phi) is 4.34. The fourth-order valence-electron chi connectivity index (χ4n) is 2.00. The lowest BCUT2D eigenvalue weighted by atomic mass is 10.2. The van der Waals surface area contributed by atoms with Gasteiger partial charge in [-0.1, -0.05) is 30.3 Å². The molecule has 0 unspecified atom stereocenters. The lowest BCUT2D eigenvalue weighted by Crippen LogP contribution is -2.00. The number of benzene rings is 2. The van der Waals surface area contributed by atoms with E-state index in [0.717, 1.165) is 17.0 Å². The van der Waals surface area contributed by atoms with Crippen LogP contribution in [-0.4, -0.2) is 10.2 Å². The van der Waals surface area contributed by atoms with Gasteiger partial charge < -0.3 is 14.5 Å². The zero-order valence-corrected chi connectivity index (χ0v) is 12.3. The summed E-state index contributed by atoms with van der Waals surface area (Å²) in [5.74, 6) is 1.98. The SMILES string of the molecule is Cc1nnc(CNc2ccc(OCc3ccccc3)cc2)o1. The van der Waals surface area contributed by atoms with E-state index < -0.39 is 0 Å². The summed E-state index contributed by atoms with van der Waals surface area (Å²) in [4.78, 5) is 0. The van der Waals surface area contributed by atoms with Gasteiger partial charge in [0.15, 0.2) is 0 Å². The van der Waals surface area contributed by atoms with Crippen LogP contribution in [0.3, 0.4) is 0 Å². The van der Waals surface area contributed by atoms with Crippen molar-refractivity contribution in [3.63, 3.8) is 0 Å². The monoisotopic (exact) mass is 295 g/mol. The lowest BCUT2D eigenvalue weighted by Gasteiger charge is -2.08. The number of ether oxygens (including phenoxy) is 1. The lowest BCUT2D eigenvalue weighted by molar-refractivity contribution is 0.306. The smallest absolute Gasteiger partial charge is 0.235 e. The standard InChI is InChI=1S/C17H17N3O2/c1-13-19-20-17(22-13)11-18-15-7-9-16(10-8-15)21-12-14-5-3-2-4-6-14/h2-10,18H,11-12H2,1H3. The third-order valence-electron chi connectivity index (χ3n) is 3.11. The molecular formula is C17H17N3O2.